The first-order valence-corrected chi connectivity index (χ1v) is 11.3. The number of amides is 2. The van der Waals surface area contributed by atoms with E-state index in [9.17, 15) is 19.8 Å². The minimum Gasteiger partial charge on any atom is -0.488 e. The number of primary amides is 1. The normalized spacial score (nSPS) is 18.1. The number of benzene rings is 3. The molecule has 9 nitrogen and oxygen atoms in total. The first-order chi connectivity index (χ1) is 17.6. The largest absolute Gasteiger partial charge is 0.488 e. The van der Waals surface area contributed by atoms with Gasteiger partial charge in [-0.2, -0.15) is 0 Å². The van der Waals surface area contributed by atoms with Crippen LogP contribution < -0.4 is 20.5 Å². The van der Waals surface area contributed by atoms with E-state index in [2.05, 4.69) is 5.32 Å². The lowest BCUT2D eigenvalue weighted by Crippen LogP contribution is -2.46. The highest BCUT2D eigenvalue weighted by Gasteiger charge is 2.52. The number of rotatable bonds is 8. The average Bonchev–Trinajstić information content (AvgIpc) is 3.15. The highest BCUT2D eigenvalue weighted by Crippen LogP contribution is 2.55. The van der Waals surface area contributed by atoms with Gasteiger partial charge in [-0.1, -0.05) is 41.9 Å². The Kier molecular flexibility index (Phi) is 7.21. The molecule has 0 aliphatic carbocycles. The van der Waals surface area contributed by atoms with Gasteiger partial charge in [-0.05, 0) is 12.1 Å². The number of nitrogens with one attached hydrogen (secondary N) is 1. The molecule has 0 bridgehead atoms. The lowest BCUT2D eigenvalue weighted by atomic mass is 9.83. The first kappa shape index (κ1) is 26.1. The van der Waals surface area contributed by atoms with E-state index >= 15 is 8.78 Å². The minimum atomic E-state index is -1.80. The Labute approximate surface area is 214 Å². The number of fused-ring (bicyclic) bond motifs is 1. The maximum absolute atomic E-state index is 15.8. The van der Waals surface area contributed by atoms with Crippen LogP contribution in [0, 0.1) is 11.6 Å². The smallest absolute Gasteiger partial charge is 0.404 e. The van der Waals surface area contributed by atoms with Gasteiger partial charge < -0.3 is 35.8 Å². The number of aliphatic hydroxyl groups excluding tert-OH is 2. The average molecular weight is 535 g/mol. The van der Waals surface area contributed by atoms with E-state index in [1.54, 1.807) is 30.3 Å². The third-order valence-corrected chi connectivity index (χ3v) is 6.33. The molecule has 3 aromatic carbocycles. The number of aliphatic hydroxyl groups is 2. The Bertz CT molecular complexity index is 1370. The van der Waals surface area contributed by atoms with Gasteiger partial charge in [0.2, 0.25) is 5.91 Å². The second-order valence-electron chi connectivity index (χ2n) is 8.11. The molecule has 37 heavy (non-hydrogen) atoms. The van der Waals surface area contributed by atoms with Crippen LogP contribution in [0.4, 0.5) is 13.6 Å². The van der Waals surface area contributed by atoms with Crippen LogP contribution in [0.15, 0.2) is 48.5 Å². The zero-order valence-corrected chi connectivity index (χ0v) is 19.8. The van der Waals surface area contributed by atoms with Crippen LogP contribution >= 0.6 is 11.6 Å². The van der Waals surface area contributed by atoms with Crippen molar-refractivity contribution in [3.63, 3.8) is 0 Å². The lowest BCUT2D eigenvalue weighted by Gasteiger charge is -2.32. The van der Waals surface area contributed by atoms with Gasteiger partial charge in [0.25, 0.3) is 0 Å². The summed E-state index contributed by atoms with van der Waals surface area (Å²) in [7, 11) is 0. The van der Waals surface area contributed by atoms with Crippen molar-refractivity contribution in [1.82, 2.24) is 5.32 Å². The Morgan fingerprint density at radius 1 is 1.16 bits per heavy atom. The van der Waals surface area contributed by atoms with E-state index in [4.69, 9.17) is 31.9 Å². The third kappa shape index (κ3) is 4.52. The highest BCUT2D eigenvalue weighted by molar-refractivity contribution is 6.34. The van der Waals surface area contributed by atoms with E-state index < -0.39 is 76.0 Å². The Hall–Kier alpha value is -3.93. The van der Waals surface area contributed by atoms with Gasteiger partial charge in [0.15, 0.2) is 17.2 Å². The van der Waals surface area contributed by atoms with Crippen molar-refractivity contribution in [1.29, 1.82) is 0 Å². The Balaban J connectivity index is 2.01. The van der Waals surface area contributed by atoms with Gasteiger partial charge in [0.1, 0.15) is 24.3 Å². The molecule has 6 N–H and O–H groups in total. The van der Waals surface area contributed by atoms with Crippen LogP contribution in [0.3, 0.4) is 0 Å². The van der Waals surface area contributed by atoms with Gasteiger partial charge in [0.05, 0.1) is 23.7 Å². The van der Waals surface area contributed by atoms with Gasteiger partial charge in [-0.25, -0.2) is 13.6 Å². The molecule has 1 heterocycles. The molecule has 0 unspecified atom stereocenters. The van der Waals surface area contributed by atoms with Crippen LogP contribution in [0.25, 0.3) is 11.1 Å². The number of hydrogen-bond donors (Lipinski definition) is 5. The van der Waals surface area contributed by atoms with E-state index in [-0.39, 0.29) is 17.9 Å². The second kappa shape index (κ2) is 10.2. The molecular weight excluding hydrogens is 514 g/mol. The summed E-state index contributed by atoms with van der Waals surface area (Å²) in [6, 6.07) is 11.2. The fraction of sp³-hybridized carbons (Fsp3) is 0.200. The fourth-order valence-electron chi connectivity index (χ4n) is 4.36. The number of hydrogen-bond acceptors (Lipinski definition) is 6. The van der Waals surface area contributed by atoms with Crippen LogP contribution in [0.5, 0.6) is 11.5 Å². The predicted octanol–water partition coefficient (Wildman–Crippen LogP) is 3.34. The molecule has 0 saturated carbocycles. The standard InChI is InChI=1S/C25H21ClF2N2O7/c26-20-14(27)10-16-18(19(20)17-13(23(29)33)6-7-15(21(17)28)36-9-8-31)22(32)25(37-16,11-30-24(34)35)12-4-2-1-3-5-12/h1-7,10,22,30-32H,8-9,11H2,(H2,29,33)(H,34,35)/t22-,25+/m0/s1. The van der Waals surface area contributed by atoms with Gasteiger partial charge >= 0.3 is 6.09 Å². The molecule has 12 heteroatoms. The predicted molar refractivity (Wildman–Crippen MR) is 128 cm³/mol. The maximum Gasteiger partial charge on any atom is 0.404 e. The second-order valence-corrected chi connectivity index (χ2v) is 8.49. The number of carbonyl (C=O) groups is 2. The molecule has 0 aromatic heterocycles. The molecule has 1 aliphatic heterocycles. The number of carbonyl (C=O) groups excluding carboxylic acids is 1. The molecule has 2 amide bonds. The van der Waals surface area contributed by atoms with Crippen LogP contribution in [-0.4, -0.2) is 47.1 Å². The van der Waals surface area contributed by atoms with E-state index in [0.29, 0.717) is 5.56 Å². The Morgan fingerprint density at radius 2 is 1.86 bits per heavy atom. The summed E-state index contributed by atoms with van der Waals surface area (Å²) >= 11 is 6.30. The summed E-state index contributed by atoms with van der Waals surface area (Å²) in [5.41, 5.74) is 2.44. The third-order valence-electron chi connectivity index (χ3n) is 5.96. The molecule has 194 valence electrons. The van der Waals surface area contributed by atoms with Crippen molar-refractivity contribution < 1.29 is 43.2 Å². The summed E-state index contributed by atoms with van der Waals surface area (Å²) in [5, 5.41) is 31.4. The molecule has 0 fully saturated rings. The number of carboxylic acid groups (broad SMARTS) is 1. The van der Waals surface area contributed by atoms with Crippen molar-refractivity contribution in [2.45, 2.75) is 11.7 Å². The van der Waals surface area contributed by atoms with Crippen molar-refractivity contribution in [3.8, 4) is 22.6 Å². The van der Waals surface area contributed by atoms with Crippen molar-refractivity contribution in [3.05, 3.63) is 81.9 Å². The minimum absolute atomic E-state index is 0.192. The van der Waals surface area contributed by atoms with Gasteiger partial charge in [0, 0.05) is 28.3 Å². The maximum atomic E-state index is 15.8. The van der Waals surface area contributed by atoms with Crippen LogP contribution in [-0.2, 0) is 5.60 Å². The zero-order chi connectivity index (χ0) is 26.9. The summed E-state index contributed by atoms with van der Waals surface area (Å²) in [5.74, 6) is -3.93. The first-order valence-electron chi connectivity index (χ1n) is 10.9. The molecule has 0 radical (unpaired) electrons. The lowest BCUT2D eigenvalue weighted by molar-refractivity contribution is -0.0307. The van der Waals surface area contributed by atoms with Crippen LogP contribution in [0.1, 0.15) is 27.6 Å². The summed E-state index contributed by atoms with van der Waals surface area (Å²) in [4.78, 5) is 23.6. The van der Waals surface area contributed by atoms with Gasteiger partial charge in [-0.3, -0.25) is 4.79 Å². The molecule has 3 aromatic rings. The number of ether oxygens (including phenoxy) is 2. The van der Waals surface area contributed by atoms with Crippen molar-refractivity contribution in [2.24, 2.45) is 5.73 Å². The molecule has 0 spiro atoms. The monoisotopic (exact) mass is 534 g/mol. The molecular formula is C25H21ClF2N2O7. The van der Waals surface area contributed by atoms with E-state index in [0.717, 1.165) is 18.2 Å². The quantitative estimate of drug-likeness (QED) is 0.297. The van der Waals surface area contributed by atoms with Crippen molar-refractivity contribution in [2.75, 3.05) is 19.8 Å². The van der Waals surface area contributed by atoms with Gasteiger partial charge in [-0.15, -0.1) is 0 Å². The van der Waals surface area contributed by atoms with Crippen molar-refractivity contribution >= 4 is 23.6 Å². The highest BCUT2D eigenvalue weighted by atomic mass is 35.5. The summed E-state index contributed by atoms with van der Waals surface area (Å²) in [6.45, 7) is -1.21. The molecule has 0 saturated heterocycles. The Morgan fingerprint density at radius 3 is 2.49 bits per heavy atom. The fourth-order valence-corrected chi connectivity index (χ4v) is 4.61. The molecule has 4 rings (SSSR count). The number of halogens is 3. The van der Waals surface area contributed by atoms with E-state index in [1.807, 2.05) is 0 Å². The van der Waals surface area contributed by atoms with Crippen LogP contribution in [0.2, 0.25) is 5.02 Å². The summed E-state index contributed by atoms with van der Waals surface area (Å²) < 4.78 is 42.0. The topological polar surface area (TPSA) is 151 Å². The van der Waals surface area contributed by atoms with E-state index in [1.165, 1.54) is 0 Å². The number of nitrogens with two attached hydrogens (primary N) is 1. The molecule has 2 atom stereocenters. The SMILES string of the molecule is NC(=O)c1ccc(OCCO)c(F)c1-c1c(Cl)c(F)cc2c1[C@H](O)[C@@](CNC(=O)O)(c1ccccc1)O2. The zero-order valence-electron chi connectivity index (χ0n) is 19.0. The summed E-state index contributed by atoms with van der Waals surface area (Å²) in [6.07, 6.45) is -3.13. The molecule has 1 aliphatic rings.